The second-order valence-corrected chi connectivity index (χ2v) is 15.8. The summed E-state index contributed by atoms with van der Waals surface area (Å²) in [5.41, 5.74) is 16.1. The summed E-state index contributed by atoms with van der Waals surface area (Å²) in [5.74, 6) is 0. The first-order valence-electron chi connectivity index (χ1n) is 19.9. The van der Waals surface area contributed by atoms with Gasteiger partial charge in [0.2, 0.25) is 0 Å². The average Bonchev–Trinajstić information content (AvgIpc) is 3.60. The Balaban J connectivity index is 1.41. The predicted octanol–water partition coefficient (Wildman–Crippen LogP) is 13.3. The molecule has 0 atom stereocenters. The zero-order chi connectivity index (χ0) is 38.8. The van der Waals surface area contributed by atoms with Crippen molar-refractivity contribution in [3.8, 4) is 0 Å². The van der Waals surface area contributed by atoms with Gasteiger partial charge in [0.25, 0.3) is 0 Å². The van der Waals surface area contributed by atoms with Crippen molar-refractivity contribution in [3.63, 3.8) is 0 Å². The van der Waals surface area contributed by atoms with Crippen LogP contribution in [0.5, 0.6) is 0 Å². The van der Waals surface area contributed by atoms with E-state index < -0.39 is 0 Å². The van der Waals surface area contributed by atoms with Gasteiger partial charge in [-0.2, -0.15) is 0 Å². The first-order chi connectivity index (χ1) is 27.3. The van der Waals surface area contributed by atoms with Crippen molar-refractivity contribution in [1.82, 2.24) is 0 Å². The fourth-order valence-corrected chi connectivity index (χ4v) is 8.66. The van der Waals surface area contributed by atoms with E-state index in [0.29, 0.717) is 0 Å². The van der Waals surface area contributed by atoms with E-state index in [1.54, 1.807) is 0 Å². The summed E-state index contributed by atoms with van der Waals surface area (Å²) in [6, 6.07) is 37.5. The molecule has 0 bridgehead atoms. The van der Waals surface area contributed by atoms with E-state index in [1.165, 1.54) is 49.7 Å². The van der Waals surface area contributed by atoms with Gasteiger partial charge in [-0.05, 0) is 141 Å². The molecule has 0 saturated carbocycles. The molecule has 1 heteroatoms. The van der Waals surface area contributed by atoms with E-state index in [-0.39, 0.29) is 5.41 Å². The van der Waals surface area contributed by atoms with Crippen molar-refractivity contribution in [2.45, 2.75) is 58.8 Å². The third-order valence-electron chi connectivity index (χ3n) is 11.5. The molecule has 2 aliphatic carbocycles. The molecule has 0 saturated heterocycles. The Morgan fingerprint density at radius 1 is 0.786 bits per heavy atom. The number of fused-ring (bicyclic) bond motifs is 7. The molecule has 1 heterocycles. The van der Waals surface area contributed by atoms with Crippen LogP contribution >= 0.6 is 0 Å². The van der Waals surface area contributed by atoms with Crippen molar-refractivity contribution in [1.29, 1.82) is 0 Å². The Morgan fingerprint density at radius 2 is 1.54 bits per heavy atom. The van der Waals surface area contributed by atoms with Gasteiger partial charge in [-0.1, -0.05) is 161 Å². The van der Waals surface area contributed by atoms with Gasteiger partial charge < -0.3 is 4.42 Å². The molecule has 0 N–H and O–H groups in total. The Morgan fingerprint density at radius 3 is 2.36 bits per heavy atom. The predicted molar refractivity (Wildman–Crippen MR) is 242 cm³/mol. The number of hydrogen-bond donors (Lipinski definition) is 0. The van der Waals surface area contributed by atoms with E-state index in [2.05, 4.69) is 186 Å². The number of furan rings is 1. The molecule has 5 aromatic carbocycles. The van der Waals surface area contributed by atoms with Gasteiger partial charge in [0.15, 0.2) is 0 Å². The zero-order valence-electron chi connectivity index (χ0n) is 33.2. The smallest absolute Gasteiger partial charge is 0.142 e. The minimum Gasteiger partial charge on any atom is -0.455 e. The normalized spacial score (nSPS) is 19.8. The molecule has 0 spiro atoms. The van der Waals surface area contributed by atoms with Gasteiger partial charge in [0, 0.05) is 16.3 Å². The van der Waals surface area contributed by atoms with Crippen molar-refractivity contribution in [3.05, 3.63) is 219 Å². The van der Waals surface area contributed by atoms with Crippen LogP contribution in [0.25, 0.3) is 50.8 Å². The standard InChI is InChI=1S/C55H50O/c1-7-19-40-33-41(29-28-37(40)3)39(8-2)32-38(4)45-21-11-9-10-12-22-46(48-24-15-14-23-47(45)48)44-35-51-42(34-43-20-13-17-26-52(43)55(5,6)36-44)30-31-50-49-25-16-18-27-53(49)56-54(50)51/h7-8,11-33,35H,2,4,9-10,34,36H2,1,3,5-6H3/b19-7-,21-11+,22-12+,39-32+,44-35+,47-45+,48-46+. The molecule has 56 heavy (non-hydrogen) atoms. The van der Waals surface area contributed by atoms with Crippen LogP contribution in [0.2, 0.25) is 0 Å². The summed E-state index contributed by atoms with van der Waals surface area (Å²) in [4.78, 5) is 0. The van der Waals surface area contributed by atoms with Crippen molar-refractivity contribution in [2.24, 2.45) is 0 Å². The molecule has 0 radical (unpaired) electrons. The van der Waals surface area contributed by atoms with Crippen LogP contribution in [0.4, 0.5) is 0 Å². The van der Waals surface area contributed by atoms with E-state index in [1.807, 2.05) is 6.08 Å². The molecule has 8 rings (SSSR count). The first-order valence-corrected chi connectivity index (χ1v) is 19.9. The Kier molecular flexibility index (Phi) is 10.2. The second kappa shape index (κ2) is 15.5. The third-order valence-corrected chi connectivity index (χ3v) is 11.5. The molecule has 0 amide bonds. The maximum atomic E-state index is 6.76. The summed E-state index contributed by atoms with van der Waals surface area (Å²) in [6.07, 6.45) is 23.7. The summed E-state index contributed by atoms with van der Waals surface area (Å²) in [6.45, 7) is 18.0. The van der Waals surface area contributed by atoms with Gasteiger partial charge in [-0.3, -0.25) is 0 Å². The lowest BCUT2D eigenvalue weighted by molar-refractivity contribution is 0.523. The molecule has 0 fully saturated rings. The number of rotatable bonds is 6. The Hall–Kier alpha value is -6.18. The fraction of sp³-hybridized carbons (Fsp3) is 0.164. The van der Waals surface area contributed by atoms with Crippen LogP contribution in [0.1, 0.15) is 79.0 Å². The zero-order valence-corrected chi connectivity index (χ0v) is 33.2. The SMILES string of the molecule is C=C/C(=C\C(=C)C1=c2/cccc/c2=C(\C2=C\c3c(ccc4c3oc3ccccc34)Cc3ccccc3C(C)(C)C2)/C=C/CC/C=C/1)c1ccc(C)c(/C=C\C)c1. The van der Waals surface area contributed by atoms with Gasteiger partial charge in [0.05, 0.1) is 0 Å². The van der Waals surface area contributed by atoms with Crippen LogP contribution in [-0.4, -0.2) is 0 Å². The van der Waals surface area contributed by atoms with Gasteiger partial charge in [-0.25, -0.2) is 0 Å². The molecule has 0 aliphatic heterocycles. The van der Waals surface area contributed by atoms with Crippen LogP contribution in [-0.2, 0) is 11.8 Å². The molecule has 0 unspecified atom stereocenters. The molecule has 1 aromatic heterocycles. The molecular weight excluding hydrogens is 677 g/mol. The summed E-state index contributed by atoms with van der Waals surface area (Å²) in [7, 11) is 0. The summed E-state index contributed by atoms with van der Waals surface area (Å²) >= 11 is 0. The van der Waals surface area contributed by atoms with Crippen molar-refractivity contribution >= 4 is 50.8 Å². The molecule has 6 aromatic rings. The van der Waals surface area contributed by atoms with E-state index in [0.717, 1.165) is 75.1 Å². The lowest BCUT2D eigenvalue weighted by Crippen LogP contribution is -2.30. The number of benzene rings is 5. The van der Waals surface area contributed by atoms with Gasteiger partial charge in [0.1, 0.15) is 11.2 Å². The maximum absolute atomic E-state index is 6.76. The highest BCUT2D eigenvalue weighted by Gasteiger charge is 2.29. The second-order valence-electron chi connectivity index (χ2n) is 15.8. The average molecular weight is 727 g/mol. The minimum atomic E-state index is -0.139. The highest BCUT2D eigenvalue weighted by molar-refractivity contribution is 6.08. The highest BCUT2D eigenvalue weighted by Crippen LogP contribution is 2.42. The van der Waals surface area contributed by atoms with Gasteiger partial charge in [-0.15, -0.1) is 0 Å². The van der Waals surface area contributed by atoms with Crippen LogP contribution in [0.15, 0.2) is 174 Å². The molecular formula is C55H50O. The Labute approximate surface area is 332 Å². The van der Waals surface area contributed by atoms with Crippen LogP contribution in [0, 0.1) is 6.92 Å². The summed E-state index contributed by atoms with van der Waals surface area (Å²) < 4.78 is 6.76. The quantitative estimate of drug-likeness (QED) is 0.156. The largest absolute Gasteiger partial charge is 0.455 e. The lowest BCUT2D eigenvalue weighted by atomic mass is 9.75. The van der Waals surface area contributed by atoms with Crippen molar-refractivity contribution < 1.29 is 4.42 Å². The number of aryl methyl sites for hydroxylation is 1. The van der Waals surface area contributed by atoms with Gasteiger partial charge >= 0.3 is 0 Å². The summed E-state index contributed by atoms with van der Waals surface area (Å²) in [5, 5.41) is 4.66. The number of allylic oxidation sites excluding steroid dienone is 10. The van der Waals surface area contributed by atoms with Crippen molar-refractivity contribution in [2.75, 3.05) is 0 Å². The topological polar surface area (TPSA) is 13.1 Å². The molecule has 2 aliphatic rings. The van der Waals surface area contributed by atoms with E-state index in [9.17, 15) is 0 Å². The molecule has 276 valence electrons. The highest BCUT2D eigenvalue weighted by atomic mass is 16.3. The monoisotopic (exact) mass is 726 g/mol. The van der Waals surface area contributed by atoms with E-state index in [4.69, 9.17) is 11.0 Å². The lowest BCUT2D eigenvalue weighted by Gasteiger charge is -2.29. The van der Waals surface area contributed by atoms with Crippen LogP contribution in [0.3, 0.4) is 0 Å². The number of hydrogen-bond acceptors (Lipinski definition) is 1. The van der Waals surface area contributed by atoms with E-state index >= 15 is 0 Å². The minimum absolute atomic E-state index is 0.139. The Bertz CT molecular complexity index is 2820. The van der Waals surface area contributed by atoms with Crippen LogP contribution < -0.4 is 10.4 Å². The molecule has 1 nitrogen and oxygen atoms in total. The first kappa shape index (κ1) is 36.8. The number of para-hydroxylation sites is 1. The fourth-order valence-electron chi connectivity index (χ4n) is 8.66. The third kappa shape index (κ3) is 7.06. The maximum Gasteiger partial charge on any atom is 0.142 e.